The van der Waals surface area contributed by atoms with Gasteiger partial charge in [0.1, 0.15) is 6.04 Å². The Morgan fingerprint density at radius 3 is 2.75 bits per heavy atom. The number of hydrogen-bond donors (Lipinski definition) is 0. The quantitative estimate of drug-likeness (QED) is 0.812. The minimum absolute atomic E-state index is 0.00912. The summed E-state index contributed by atoms with van der Waals surface area (Å²) in [6.45, 7) is 1.48. The molecule has 20 heavy (non-hydrogen) atoms. The third-order valence-electron chi connectivity index (χ3n) is 4.06. The Balaban J connectivity index is 1.82. The van der Waals surface area contributed by atoms with Gasteiger partial charge in [0.05, 0.1) is 12.6 Å². The first-order valence-electron chi connectivity index (χ1n) is 7.17. The van der Waals surface area contributed by atoms with Gasteiger partial charge in [0.25, 0.3) is 0 Å². The summed E-state index contributed by atoms with van der Waals surface area (Å²) in [5.74, 6) is 0.266. The molecule has 2 unspecified atom stereocenters. The maximum atomic E-state index is 12.3. The molecule has 2 aliphatic rings. The molecule has 5 heteroatoms. The van der Waals surface area contributed by atoms with Crippen LogP contribution in [0.1, 0.15) is 37.3 Å². The number of likely N-dealkylation sites (tertiary alicyclic amines) is 1. The zero-order valence-corrected chi connectivity index (χ0v) is 12.9. The molecule has 1 fully saturated rings. The Morgan fingerprint density at radius 1 is 1.15 bits per heavy atom. The van der Waals surface area contributed by atoms with Crippen molar-refractivity contribution in [2.75, 3.05) is 13.1 Å². The van der Waals surface area contributed by atoms with Crippen LogP contribution >= 0.6 is 15.9 Å². The molecule has 0 spiro atoms. The molecule has 1 saturated heterocycles. The fourth-order valence-corrected chi connectivity index (χ4v) is 3.23. The Hall–Kier alpha value is -1.23. The van der Waals surface area contributed by atoms with Gasteiger partial charge in [-0.05, 0) is 30.5 Å². The first kappa shape index (κ1) is 13.7. The molecule has 2 aliphatic heterocycles. The molecule has 1 aromatic rings. The SMILES string of the molecule is O=C1CCCCCN1C1CN=NC1c1ccc(Br)cc1. The van der Waals surface area contributed by atoms with Gasteiger partial charge in [-0.1, -0.05) is 34.5 Å². The van der Waals surface area contributed by atoms with Crippen molar-refractivity contribution in [2.24, 2.45) is 10.2 Å². The highest BCUT2D eigenvalue weighted by atomic mass is 79.9. The molecule has 3 rings (SSSR count). The lowest BCUT2D eigenvalue weighted by molar-refractivity contribution is -0.133. The molecular formula is C15H18BrN3O. The van der Waals surface area contributed by atoms with E-state index in [4.69, 9.17) is 0 Å². The minimum Gasteiger partial charge on any atom is -0.335 e. The number of hydrogen-bond acceptors (Lipinski definition) is 3. The number of azo groups is 1. The highest BCUT2D eigenvalue weighted by Gasteiger charge is 2.35. The largest absolute Gasteiger partial charge is 0.335 e. The van der Waals surface area contributed by atoms with Gasteiger partial charge >= 0.3 is 0 Å². The van der Waals surface area contributed by atoms with Gasteiger partial charge in [-0.15, -0.1) is 0 Å². The van der Waals surface area contributed by atoms with Crippen LogP contribution in [0, 0.1) is 0 Å². The highest BCUT2D eigenvalue weighted by Crippen LogP contribution is 2.32. The fraction of sp³-hybridized carbons (Fsp3) is 0.533. The van der Waals surface area contributed by atoms with Crippen LogP contribution in [-0.4, -0.2) is 29.9 Å². The lowest BCUT2D eigenvalue weighted by Gasteiger charge is -2.30. The normalized spacial score (nSPS) is 26.9. The van der Waals surface area contributed by atoms with Gasteiger partial charge in [0.15, 0.2) is 0 Å². The van der Waals surface area contributed by atoms with Crippen LogP contribution in [-0.2, 0) is 4.79 Å². The van der Waals surface area contributed by atoms with Gasteiger partial charge in [-0.25, -0.2) is 0 Å². The average molecular weight is 336 g/mol. The highest BCUT2D eigenvalue weighted by molar-refractivity contribution is 9.10. The molecule has 2 atom stereocenters. The van der Waals surface area contributed by atoms with E-state index in [0.717, 1.165) is 35.8 Å². The van der Waals surface area contributed by atoms with Gasteiger partial charge in [0, 0.05) is 17.4 Å². The van der Waals surface area contributed by atoms with Gasteiger partial charge in [-0.2, -0.15) is 10.2 Å². The monoisotopic (exact) mass is 335 g/mol. The maximum absolute atomic E-state index is 12.3. The topological polar surface area (TPSA) is 45.0 Å². The van der Waals surface area contributed by atoms with Crippen LogP contribution in [0.2, 0.25) is 0 Å². The Kier molecular flexibility index (Phi) is 4.15. The van der Waals surface area contributed by atoms with Crippen LogP contribution in [0.25, 0.3) is 0 Å². The summed E-state index contributed by atoms with van der Waals surface area (Å²) < 4.78 is 1.05. The summed E-state index contributed by atoms with van der Waals surface area (Å²) in [4.78, 5) is 14.3. The van der Waals surface area contributed by atoms with E-state index in [1.165, 1.54) is 0 Å². The van der Waals surface area contributed by atoms with Gasteiger partial charge in [-0.3, -0.25) is 4.79 Å². The van der Waals surface area contributed by atoms with Crippen LogP contribution in [0.4, 0.5) is 0 Å². The van der Waals surface area contributed by atoms with Crippen LogP contribution in [0.5, 0.6) is 0 Å². The summed E-state index contributed by atoms with van der Waals surface area (Å²) >= 11 is 3.45. The third kappa shape index (κ3) is 2.77. The number of benzene rings is 1. The second kappa shape index (κ2) is 6.04. The number of carbonyl (C=O) groups excluding carboxylic acids is 1. The van der Waals surface area contributed by atoms with E-state index >= 15 is 0 Å². The van der Waals surface area contributed by atoms with Crippen molar-refractivity contribution in [1.82, 2.24) is 4.90 Å². The van der Waals surface area contributed by atoms with E-state index in [2.05, 4.69) is 38.3 Å². The van der Waals surface area contributed by atoms with E-state index in [9.17, 15) is 4.79 Å². The Labute approximate surface area is 127 Å². The van der Waals surface area contributed by atoms with Gasteiger partial charge < -0.3 is 4.90 Å². The average Bonchev–Trinajstić information content (AvgIpc) is 2.83. The van der Waals surface area contributed by atoms with E-state index < -0.39 is 0 Å². The summed E-state index contributed by atoms with van der Waals surface area (Å²) in [5, 5.41) is 8.58. The van der Waals surface area contributed by atoms with Crippen molar-refractivity contribution in [3.63, 3.8) is 0 Å². The number of rotatable bonds is 2. The summed E-state index contributed by atoms with van der Waals surface area (Å²) in [5.41, 5.74) is 1.14. The maximum Gasteiger partial charge on any atom is 0.222 e. The van der Waals surface area contributed by atoms with Crippen molar-refractivity contribution in [3.8, 4) is 0 Å². The van der Waals surface area contributed by atoms with Crippen molar-refractivity contribution in [1.29, 1.82) is 0 Å². The number of halogens is 1. The van der Waals surface area contributed by atoms with Crippen molar-refractivity contribution in [2.45, 2.75) is 37.8 Å². The van der Waals surface area contributed by atoms with Crippen molar-refractivity contribution < 1.29 is 4.79 Å². The fourth-order valence-electron chi connectivity index (χ4n) is 2.97. The first-order chi connectivity index (χ1) is 9.75. The van der Waals surface area contributed by atoms with Crippen molar-refractivity contribution >= 4 is 21.8 Å². The van der Waals surface area contributed by atoms with E-state index in [-0.39, 0.29) is 18.0 Å². The van der Waals surface area contributed by atoms with E-state index in [0.29, 0.717) is 13.0 Å². The molecule has 0 N–H and O–H groups in total. The predicted octanol–water partition coefficient (Wildman–Crippen LogP) is 3.73. The number of nitrogens with zero attached hydrogens (tertiary/aromatic N) is 3. The molecule has 0 saturated carbocycles. The van der Waals surface area contributed by atoms with Crippen LogP contribution in [0.3, 0.4) is 0 Å². The van der Waals surface area contributed by atoms with E-state index in [1.807, 2.05) is 17.0 Å². The second-order valence-electron chi connectivity index (χ2n) is 5.40. The molecule has 1 aromatic carbocycles. The number of amides is 1. The Bertz CT molecular complexity index is 514. The van der Waals surface area contributed by atoms with E-state index in [1.54, 1.807) is 0 Å². The Morgan fingerprint density at radius 2 is 1.95 bits per heavy atom. The molecule has 2 heterocycles. The van der Waals surface area contributed by atoms with Crippen LogP contribution < -0.4 is 0 Å². The molecule has 0 bridgehead atoms. The molecule has 0 radical (unpaired) electrons. The third-order valence-corrected chi connectivity index (χ3v) is 4.59. The lowest BCUT2D eigenvalue weighted by atomic mass is 9.99. The lowest BCUT2D eigenvalue weighted by Crippen LogP contribution is -2.43. The summed E-state index contributed by atoms with van der Waals surface area (Å²) in [6, 6.07) is 8.25. The molecule has 0 aliphatic carbocycles. The van der Waals surface area contributed by atoms with Gasteiger partial charge in [0.2, 0.25) is 5.91 Å². The van der Waals surface area contributed by atoms with Crippen molar-refractivity contribution in [3.05, 3.63) is 34.3 Å². The first-order valence-corrected chi connectivity index (χ1v) is 7.96. The molecule has 106 valence electrons. The second-order valence-corrected chi connectivity index (χ2v) is 6.32. The minimum atomic E-state index is -0.00912. The standard InChI is InChI=1S/C15H18BrN3O/c16-12-7-5-11(6-8-12)15-13(10-17-18-15)19-9-3-1-2-4-14(19)20/h5-8,13,15H,1-4,9-10H2. The molecule has 1 amide bonds. The number of carbonyl (C=O) groups is 1. The molecule has 4 nitrogen and oxygen atoms in total. The molecular weight excluding hydrogens is 318 g/mol. The smallest absolute Gasteiger partial charge is 0.222 e. The predicted molar refractivity (Wildman–Crippen MR) is 80.6 cm³/mol. The molecule has 0 aromatic heterocycles. The zero-order chi connectivity index (χ0) is 13.9. The zero-order valence-electron chi connectivity index (χ0n) is 11.3. The summed E-state index contributed by atoms with van der Waals surface area (Å²) in [7, 11) is 0. The van der Waals surface area contributed by atoms with Crippen LogP contribution in [0.15, 0.2) is 39.0 Å². The summed E-state index contributed by atoms with van der Waals surface area (Å²) in [6.07, 6.45) is 3.92.